The molecule has 528 valence electrons. The number of carbonyl (C=O) groups is 4. The van der Waals surface area contributed by atoms with Crippen LogP contribution in [0.1, 0.15) is 350 Å². The van der Waals surface area contributed by atoms with Crippen LogP contribution in [0.25, 0.3) is 0 Å². The van der Waals surface area contributed by atoms with Crippen molar-refractivity contribution in [2.24, 2.45) is 17.8 Å². The molecule has 3 unspecified atom stereocenters. The van der Waals surface area contributed by atoms with Gasteiger partial charge in [0.05, 0.1) is 26.4 Å². The van der Waals surface area contributed by atoms with E-state index in [0.29, 0.717) is 25.7 Å². The molecule has 0 saturated carbocycles. The molecule has 89 heavy (non-hydrogen) atoms. The fourth-order valence-corrected chi connectivity index (χ4v) is 12.1. The molecule has 6 atom stereocenters. The van der Waals surface area contributed by atoms with Crippen LogP contribution in [0.2, 0.25) is 0 Å². The molecule has 0 bridgehead atoms. The third-order valence-electron chi connectivity index (χ3n) is 16.5. The number of aliphatic hydroxyl groups excluding tert-OH is 1. The van der Waals surface area contributed by atoms with Gasteiger partial charge >= 0.3 is 39.5 Å². The number of rotatable bonds is 68. The number of carbonyl (C=O) groups excluding carboxylic acids is 4. The van der Waals surface area contributed by atoms with Crippen molar-refractivity contribution in [1.82, 2.24) is 0 Å². The first-order chi connectivity index (χ1) is 42.8. The van der Waals surface area contributed by atoms with Crippen LogP contribution >= 0.6 is 15.6 Å². The smallest absolute Gasteiger partial charge is 0.462 e. The van der Waals surface area contributed by atoms with Crippen LogP contribution < -0.4 is 0 Å². The number of esters is 4. The Morgan fingerprint density at radius 1 is 0.326 bits per heavy atom. The summed E-state index contributed by atoms with van der Waals surface area (Å²) in [4.78, 5) is 72.3. The molecule has 0 radical (unpaired) electrons. The third kappa shape index (κ3) is 63.2. The van der Waals surface area contributed by atoms with E-state index >= 15 is 0 Å². The van der Waals surface area contributed by atoms with Crippen LogP contribution in [0, 0.1) is 17.8 Å². The van der Waals surface area contributed by atoms with Gasteiger partial charge < -0.3 is 33.8 Å². The minimum atomic E-state index is -4.95. The van der Waals surface area contributed by atoms with Crippen LogP contribution in [0.4, 0.5) is 0 Å². The molecule has 0 saturated heterocycles. The van der Waals surface area contributed by atoms with Crippen LogP contribution in [0.15, 0.2) is 0 Å². The fraction of sp³-hybridized carbons (Fsp3) is 0.943. The number of phosphoric acid groups is 2. The molecule has 0 aromatic rings. The molecule has 19 heteroatoms. The third-order valence-corrected chi connectivity index (χ3v) is 18.4. The van der Waals surface area contributed by atoms with Gasteiger partial charge in [-0.1, -0.05) is 299 Å². The van der Waals surface area contributed by atoms with Crippen molar-refractivity contribution in [3.8, 4) is 0 Å². The molecule has 0 rings (SSSR count). The van der Waals surface area contributed by atoms with Crippen molar-refractivity contribution in [1.29, 1.82) is 0 Å². The molecule has 0 heterocycles. The molecule has 0 spiro atoms. The predicted octanol–water partition coefficient (Wildman–Crippen LogP) is 19.8. The zero-order chi connectivity index (χ0) is 65.9. The van der Waals surface area contributed by atoms with E-state index in [-0.39, 0.29) is 25.7 Å². The van der Waals surface area contributed by atoms with Crippen LogP contribution in [0.5, 0.6) is 0 Å². The van der Waals surface area contributed by atoms with Gasteiger partial charge in [0.25, 0.3) is 0 Å². The lowest BCUT2D eigenvalue weighted by atomic mass is 9.99. The zero-order valence-electron chi connectivity index (χ0n) is 57.9. The monoisotopic (exact) mass is 1310 g/mol. The molecule has 0 aromatic carbocycles. The highest BCUT2D eigenvalue weighted by Gasteiger charge is 2.30. The van der Waals surface area contributed by atoms with Crippen LogP contribution in [0.3, 0.4) is 0 Å². The average molecular weight is 1310 g/mol. The second kappa shape index (κ2) is 61.0. The Bertz CT molecular complexity index is 1750. The van der Waals surface area contributed by atoms with E-state index < -0.39 is 97.5 Å². The topological polar surface area (TPSA) is 237 Å². The molecule has 0 aliphatic heterocycles. The van der Waals surface area contributed by atoms with Gasteiger partial charge in [0.15, 0.2) is 12.2 Å². The summed E-state index contributed by atoms with van der Waals surface area (Å²) in [6, 6.07) is 0. The first-order valence-electron chi connectivity index (χ1n) is 36.4. The summed E-state index contributed by atoms with van der Waals surface area (Å²) in [6.45, 7) is 11.8. The van der Waals surface area contributed by atoms with Crippen molar-refractivity contribution in [3.05, 3.63) is 0 Å². The number of phosphoric ester groups is 2. The summed E-state index contributed by atoms with van der Waals surface area (Å²) in [7, 11) is -9.89. The van der Waals surface area contributed by atoms with Crippen molar-refractivity contribution >= 4 is 39.5 Å². The molecule has 3 N–H and O–H groups in total. The predicted molar refractivity (Wildman–Crippen MR) is 358 cm³/mol. The number of hydrogen-bond acceptors (Lipinski definition) is 15. The maximum atomic E-state index is 13.0. The Morgan fingerprint density at radius 2 is 0.573 bits per heavy atom. The normalized spacial score (nSPS) is 14.5. The van der Waals surface area contributed by atoms with E-state index in [1.807, 2.05) is 0 Å². The standard InChI is InChI=1S/C70H136O17P2/c1-8-10-11-34-44-51-67(72)80-57-65(86-70(75)54-47-40-33-27-21-23-29-36-42-49-62(5)6)59-84-88(76,77)82-55-64(71)56-83-89(78,79)85-60-66(58-81-68(73)52-45-38-31-25-20-16-17-22-28-35-41-48-61(3)4)87-69(74)53-46-39-32-26-19-15-13-12-14-18-24-30-37-43-50-63(7)9-2/h61-66,71H,8-60H2,1-7H3,(H,76,77)(H,78,79)/t63?,64-,65+,66+/m0/s1. The summed E-state index contributed by atoms with van der Waals surface area (Å²) >= 11 is 0. The highest BCUT2D eigenvalue weighted by molar-refractivity contribution is 7.47. The Hall–Kier alpha value is -1.94. The van der Waals surface area contributed by atoms with Crippen molar-refractivity contribution in [2.75, 3.05) is 39.6 Å². The molecule has 0 aliphatic rings. The van der Waals surface area contributed by atoms with Gasteiger partial charge in [-0.2, -0.15) is 0 Å². The lowest BCUT2D eigenvalue weighted by molar-refractivity contribution is -0.161. The molecule has 0 fully saturated rings. The van der Waals surface area contributed by atoms with E-state index in [1.165, 1.54) is 154 Å². The van der Waals surface area contributed by atoms with Gasteiger partial charge in [-0.3, -0.25) is 37.3 Å². The summed E-state index contributed by atoms with van der Waals surface area (Å²) < 4.78 is 68.1. The minimum absolute atomic E-state index is 0.104. The zero-order valence-corrected chi connectivity index (χ0v) is 59.7. The lowest BCUT2D eigenvalue weighted by Gasteiger charge is -2.21. The fourth-order valence-electron chi connectivity index (χ4n) is 10.5. The second-order valence-corrected chi connectivity index (χ2v) is 29.4. The largest absolute Gasteiger partial charge is 0.472 e. The maximum absolute atomic E-state index is 13.0. The van der Waals surface area contributed by atoms with Gasteiger partial charge in [0.2, 0.25) is 0 Å². The van der Waals surface area contributed by atoms with Crippen molar-refractivity contribution < 1.29 is 80.2 Å². The highest BCUT2D eigenvalue weighted by Crippen LogP contribution is 2.45. The average Bonchev–Trinajstić information content (AvgIpc) is 3.64. The SMILES string of the molecule is CCCCCCCC(=O)OC[C@H](COP(=O)(O)OC[C@H](O)COP(=O)(O)OC[C@@H](COC(=O)CCCCCCCCCCCCCC(C)C)OC(=O)CCCCCCCCCCCCCCCCC(C)CC)OC(=O)CCCCCCCCCCCC(C)C. The maximum Gasteiger partial charge on any atom is 0.472 e. The van der Waals surface area contributed by atoms with E-state index in [0.717, 1.165) is 114 Å². The molecule has 0 aliphatic carbocycles. The number of hydrogen-bond donors (Lipinski definition) is 3. The van der Waals surface area contributed by atoms with Gasteiger partial charge in [-0.25, -0.2) is 9.13 Å². The molecule has 0 aromatic heterocycles. The van der Waals surface area contributed by atoms with Crippen LogP contribution in [-0.4, -0.2) is 96.7 Å². The van der Waals surface area contributed by atoms with Crippen molar-refractivity contribution in [2.45, 2.75) is 369 Å². The summed E-state index contributed by atoms with van der Waals surface area (Å²) in [6.07, 6.45) is 44.8. The van der Waals surface area contributed by atoms with E-state index in [4.69, 9.17) is 37.0 Å². The molecular formula is C70H136O17P2. The first-order valence-corrected chi connectivity index (χ1v) is 39.4. The minimum Gasteiger partial charge on any atom is -0.462 e. The summed E-state index contributed by atoms with van der Waals surface area (Å²) in [5.74, 6) is 0.216. The first kappa shape index (κ1) is 87.1. The van der Waals surface area contributed by atoms with Crippen molar-refractivity contribution in [3.63, 3.8) is 0 Å². The molecule has 17 nitrogen and oxygen atoms in total. The lowest BCUT2D eigenvalue weighted by Crippen LogP contribution is -2.30. The summed E-state index contributed by atoms with van der Waals surface area (Å²) in [5.41, 5.74) is 0. The van der Waals surface area contributed by atoms with E-state index in [1.54, 1.807) is 0 Å². The Balaban J connectivity index is 5.16. The van der Waals surface area contributed by atoms with Crippen LogP contribution in [-0.2, 0) is 65.4 Å². The quantitative estimate of drug-likeness (QED) is 0.0222. The number of unbranched alkanes of at least 4 members (excludes halogenated alkanes) is 35. The molecular weight excluding hydrogens is 1170 g/mol. The highest BCUT2D eigenvalue weighted by atomic mass is 31.2. The Labute approximate surface area is 543 Å². The number of aliphatic hydroxyl groups is 1. The molecule has 0 amide bonds. The second-order valence-electron chi connectivity index (χ2n) is 26.5. The van der Waals surface area contributed by atoms with Gasteiger partial charge in [0.1, 0.15) is 19.3 Å². The van der Waals surface area contributed by atoms with E-state index in [2.05, 4.69) is 48.5 Å². The van der Waals surface area contributed by atoms with E-state index in [9.17, 15) is 43.2 Å². The van der Waals surface area contributed by atoms with Gasteiger partial charge in [0, 0.05) is 25.7 Å². The van der Waals surface area contributed by atoms with Gasteiger partial charge in [-0.05, 0) is 43.4 Å². The Morgan fingerprint density at radius 3 is 0.854 bits per heavy atom. The number of ether oxygens (including phenoxy) is 4. The summed E-state index contributed by atoms with van der Waals surface area (Å²) in [5, 5.41) is 10.6. The van der Waals surface area contributed by atoms with Gasteiger partial charge in [-0.15, -0.1) is 0 Å². The Kier molecular flexibility index (Phi) is 59.6.